The smallest absolute Gasteiger partial charge is 0.226 e. The first-order valence-corrected chi connectivity index (χ1v) is 11.6. The second kappa shape index (κ2) is 8.67. The maximum Gasteiger partial charge on any atom is 0.226 e. The van der Waals surface area contributed by atoms with Crippen LogP contribution >= 0.6 is 0 Å². The second-order valence-corrected chi connectivity index (χ2v) is 9.23. The summed E-state index contributed by atoms with van der Waals surface area (Å²) in [6, 6.07) is 8.41. The van der Waals surface area contributed by atoms with Crippen LogP contribution in [0.25, 0.3) is 0 Å². The van der Waals surface area contributed by atoms with Crippen LogP contribution in [-0.4, -0.2) is 46.9 Å². The molecule has 1 unspecified atom stereocenters. The van der Waals surface area contributed by atoms with Crippen molar-refractivity contribution in [2.75, 3.05) is 26.3 Å². The van der Waals surface area contributed by atoms with Gasteiger partial charge in [0.15, 0.2) is 5.82 Å². The number of para-hydroxylation sites is 1. The molecule has 1 aromatic heterocycles. The summed E-state index contributed by atoms with van der Waals surface area (Å²) in [5, 5.41) is 4.18. The van der Waals surface area contributed by atoms with Crippen molar-refractivity contribution >= 4 is 0 Å². The summed E-state index contributed by atoms with van der Waals surface area (Å²) in [5.41, 5.74) is 1.30. The molecule has 0 N–H and O–H groups in total. The van der Waals surface area contributed by atoms with Crippen molar-refractivity contribution in [3.8, 4) is 5.75 Å². The van der Waals surface area contributed by atoms with Gasteiger partial charge in [-0.1, -0.05) is 23.4 Å². The summed E-state index contributed by atoms with van der Waals surface area (Å²) in [6.45, 7) is 6.68. The lowest BCUT2D eigenvalue weighted by Gasteiger charge is -2.46. The predicted molar refractivity (Wildman–Crippen MR) is 114 cm³/mol. The number of ether oxygens (including phenoxy) is 2. The SMILES string of the molecule is CCOc1ccccc1CN1CCC2(CC1)CC(Cc1nc(C3CC3)no1)CCO2. The van der Waals surface area contributed by atoms with E-state index in [9.17, 15) is 0 Å². The number of nitrogens with zero attached hydrogens (tertiary/aromatic N) is 3. The molecule has 3 heterocycles. The topological polar surface area (TPSA) is 60.6 Å². The third kappa shape index (κ3) is 4.54. The van der Waals surface area contributed by atoms with Gasteiger partial charge >= 0.3 is 0 Å². The van der Waals surface area contributed by atoms with E-state index < -0.39 is 0 Å². The highest BCUT2D eigenvalue weighted by Crippen LogP contribution is 2.40. The Morgan fingerprint density at radius 2 is 2.00 bits per heavy atom. The first kappa shape index (κ1) is 20.0. The van der Waals surface area contributed by atoms with Crippen molar-refractivity contribution in [3.63, 3.8) is 0 Å². The molecular weight excluding hydrogens is 378 g/mol. The van der Waals surface area contributed by atoms with Crippen molar-refractivity contribution in [1.29, 1.82) is 0 Å². The van der Waals surface area contributed by atoms with E-state index >= 15 is 0 Å². The maximum atomic E-state index is 6.37. The van der Waals surface area contributed by atoms with Crippen molar-refractivity contribution in [2.45, 2.75) is 69.9 Å². The first-order valence-electron chi connectivity index (χ1n) is 11.6. The van der Waals surface area contributed by atoms with Gasteiger partial charge in [-0.05, 0) is 57.4 Å². The molecule has 162 valence electrons. The lowest BCUT2D eigenvalue weighted by atomic mass is 9.78. The zero-order chi connectivity index (χ0) is 20.4. The molecule has 2 aromatic rings. The van der Waals surface area contributed by atoms with Crippen molar-refractivity contribution in [3.05, 3.63) is 41.5 Å². The summed E-state index contributed by atoms with van der Waals surface area (Å²) in [5.74, 6) is 3.90. The minimum atomic E-state index is 0.0260. The van der Waals surface area contributed by atoms with Crippen LogP contribution in [0.2, 0.25) is 0 Å². The van der Waals surface area contributed by atoms with Crippen LogP contribution in [0.3, 0.4) is 0 Å². The van der Waals surface area contributed by atoms with E-state index in [1.807, 2.05) is 13.0 Å². The Morgan fingerprint density at radius 1 is 1.17 bits per heavy atom. The Hall–Kier alpha value is -1.92. The molecule has 6 nitrogen and oxygen atoms in total. The molecule has 2 aliphatic heterocycles. The highest BCUT2D eigenvalue weighted by molar-refractivity contribution is 5.33. The number of piperidine rings is 1. The van der Waals surface area contributed by atoms with E-state index in [0.29, 0.717) is 18.4 Å². The van der Waals surface area contributed by atoms with Gasteiger partial charge in [-0.25, -0.2) is 0 Å². The fourth-order valence-electron chi connectivity index (χ4n) is 5.05. The Balaban J connectivity index is 1.16. The van der Waals surface area contributed by atoms with Gasteiger partial charge in [0, 0.05) is 44.1 Å². The summed E-state index contributed by atoms with van der Waals surface area (Å²) < 4.78 is 17.7. The molecule has 1 aromatic carbocycles. The monoisotopic (exact) mass is 411 g/mol. The van der Waals surface area contributed by atoms with Gasteiger partial charge in [-0.2, -0.15) is 4.98 Å². The van der Waals surface area contributed by atoms with E-state index in [2.05, 4.69) is 33.2 Å². The van der Waals surface area contributed by atoms with Gasteiger partial charge in [0.2, 0.25) is 5.89 Å². The number of likely N-dealkylation sites (tertiary alicyclic amines) is 1. The molecule has 1 aliphatic carbocycles. The maximum absolute atomic E-state index is 6.37. The fourth-order valence-corrected chi connectivity index (χ4v) is 5.05. The number of aromatic nitrogens is 2. The largest absolute Gasteiger partial charge is 0.494 e. The molecule has 30 heavy (non-hydrogen) atoms. The van der Waals surface area contributed by atoms with E-state index in [4.69, 9.17) is 14.0 Å². The van der Waals surface area contributed by atoms with Crippen LogP contribution in [0.5, 0.6) is 5.75 Å². The fraction of sp³-hybridized carbons (Fsp3) is 0.667. The zero-order valence-electron chi connectivity index (χ0n) is 18.0. The van der Waals surface area contributed by atoms with Crippen molar-refractivity contribution in [1.82, 2.24) is 15.0 Å². The lowest BCUT2D eigenvalue weighted by molar-refractivity contribution is -0.128. The summed E-state index contributed by atoms with van der Waals surface area (Å²) in [7, 11) is 0. The molecule has 1 spiro atoms. The molecule has 3 fully saturated rings. The number of hydrogen-bond donors (Lipinski definition) is 0. The van der Waals surface area contributed by atoms with Gasteiger partial charge in [-0.3, -0.25) is 4.90 Å². The number of hydrogen-bond acceptors (Lipinski definition) is 6. The Morgan fingerprint density at radius 3 is 2.80 bits per heavy atom. The van der Waals surface area contributed by atoms with Crippen LogP contribution in [0.15, 0.2) is 28.8 Å². The molecule has 2 saturated heterocycles. The molecule has 0 amide bonds. The van der Waals surface area contributed by atoms with Crippen LogP contribution in [0.1, 0.15) is 68.6 Å². The molecule has 1 saturated carbocycles. The third-order valence-electron chi connectivity index (χ3n) is 6.92. The van der Waals surface area contributed by atoms with Crippen molar-refractivity contribution in [2.24, 2.45) is 5.92 Å². The highest BCUT2D eigenvalue weighted by atomic mass is 16.5. The molecule has 0 radical (unpaired) electrons. The average molecular weight is 412 g/mol. The molecule has 1 atom stereocenters. The predicted octanol–water partition coefficient (Wildman–Crippen LogP) is 4.35. The minimum absolute atomic E-state index is 0.0260. The van der Waals surface area contributed by atoms with Crippen molar-refractivity contribution < 1.29 is 14.0 Å². The standard InChI is InChI=1S/C24H33N3O3/c1-2-28-21-6-4-3-5-20(21)17-27-12-10-24(11-13-27)16-18(9-14-29-24)15-22-25-23(26-30-22)19-7-8-19/h3-6,18-19H,2,7-17H2,1H3. The van der Waals surface area contributed by atoms with Gasteiger partial charge in [0.05, 0.1) is 12.2 Å². The van der Waals surface area contributed by atoms with E-state index in [1.54, 1.807) is 0 Å². The van der Waals surface area contributed by atoms with Gasteiger partial charge in [0.1, 0.15) is 5.75 Å². The third-order valence-corrected chi connectivity index (χ3v) is 6.92. The molecule has 5 rings (SSSR count). The average Bonchev–Trinajstić information content (AvgIpc) is 3.51. The van der Waals surface area contributed by atoms with Gasteiger partial charge < -0.3 is 14.0 Å². The molecule has 0 bridgehead atoms. The van der Waals surface area contributed by atoms with Crippen LogP contribution in [-0.2, 0) is 17.7 Å². The summed E-state index contributed by atoms with van der Waals surface area (Å²) in [4.78, 5) is 7.18. The Labute approximate surface area is 178 Å². The van der Waals surface area contributed by atoms with Gasteiger partial charge in [0.25, 0.3) is 0 Å². The number of rotatable bonds is 7. The van der Waals surface area contributed by atoms with E-state index in [0.717, 1.165) is 75.8 Å². The second-order valence-electron chi connectivity index (χ2n) is 9.23. The minimum Gasteiger partial charge on any atom is -0.494 e. The van der Waals surface area contributed by atoms with E-state index in [1.165, 1.54) is 18.4 Å². The Kier molecular flexibility index (Phi) is 5.79. The molecule has 3 aliphatic rings. The summed E-state index contributed by atoms with van der Waals surface area (Å²) in [6.07, 6.45) is 7.72. The van der Waals surface area contributed by atoms with E-state index in [-0.39, 0.29) is 5.60 Å². The first-order chi connectivity index (χ1) is 14.7. The lowest BCUT2D eigenvalue weighted by Crippen LogP contribution is -2.49. The quantitative estimate of drug-likeness (QED) is 0.675. The highest BCUT2D eigenvalue weighted by Gasteiger charge is 2.41. The van der Waals surface area contributed by atoms with Gasteiger partial charge in [-0.15, -0.1) is 0 Å². The normalized spacial score (nSPS) is 24.2. The number of benzene rings is 1. The Bertz CT molecular complexity index is 840. The molecule has 6 heteroatoms. The van der Waals surface area contributed by atoms with Crippen LogP contribution in [0, 0.1) is 5.92 Å². The van der Waals surface area contributed by atoms with Crippen LogP contribution < -0.4 is 4.74 Å². The summed E-state index contributed by atoms with van der Waals surface area (Å²) >= 11 is 0. The zero-order valence-corrected chi connectivity index (χ0v) is 18.0. The molecular formula is C24H33N3O3. The van der Waals surface area contributed by atoms with Crippen LogP contribution in [0.4, 0.5) is 0 Å².